The number of rotatable bonds is 7. The topological polar surface area (TPSA) is 111 Å². The van der Waals surface area contributed by atoms with E-state index in [9.17, 15) is 28.3 Å². The quantitative estimate of drug-likeness (QED) is 0.415. The van der Waals surface area contributed by atoms with Crippen molar-refractivity contribution >= 4 is 23.5 Å². The van der Waals surface area contributed by atoms with Crippen LogP contribution in [0.4, 0.5) is 8.78 Å². The second-order valence-corrected chi connectivity index (χ2v) is 9.57. The van der Waals surface area contributed by atoms with Gasteiger partial charge in [-0.1, -0.05) is 18.4 Å². The van der Waals surface area contributed by atoms with Crippen molar-refractivity contribution in [2.75, 3.05) is 13.1 Å². The predicted octanol–water partition coefficient (Wildman–Crippen LogP) is 1.60. The summed E-state index contributed by atoms with van der Waals surface area (Å²) in [5.41, 5.74) is 0.310. The minimum absolute atomic E-state index is 0.000762. The zero-order valence-corrected chi connectivity index (χ0v) is 19.5. The lowest BCUT2D eigenvalue weighted by Crippen LogP contribution is -2.46. The molecule has 1 aliphatic heterocycles. The molecular weight excluding hydrogens is 448 g/mol. The molecular formula is C23H30F2N5O4+. The Labute approximate surface area is 195 Å². The fourth-order valence-corrected chi connectivity index (χ4v) is 4.30. The molecule has 0 aromatic carbocycles. The largest absolute Gasteiger partial charge is 0.477 e. The Hall–Kier alpha value is -3.24. The molecule has 4 rings (SSSR count). The number of aromatic amines is 1. The Kier molecular flexibility index (Phi) is 6.46. The number of aromatic nitrogens is 3. The lowest BCUT2D eigenvalue weighted by molar-refractivity contribution is -0.686. The van der Waals surface area contributed by atoms with Gasteiger partial charge >= 0.3 is 17.1 Å². The minimum atomic E-state index is -2.46. The SMILES string of the molecule is Cc1[nH]n2c(=O)c(C(=O)NC3CC3)c(O)[n+](CC(C)C)c2c1/C=C/C(=O)N1CCC(C(F)F)C1. The molecule has 1 saturated carbocycles. The molecule has 9 nitrogen and oxygen atoms in total. The average Bonchev–Trinajstić information content (AvgIpc) is 3.31. The van der Waals surface area contributed by atoms with Crippen molar-refractivity contribution in [1.82, 2.24) is 19.8 Å². The van der Waals surface area contributed by atoms with Gasteiger partial charge in [-0.2, -0.15) is 4.57 Å². The highest BCUT2D eigenvalue weighted by Gasteiger charge is 2.35. The van der Waals surface area contributed by atoms with E-state index >= 15 is 0 Å². The Morgan fingerprint density at radius 1 is 1.29 bits per heavy atom. The van der Waals surface area contributed by atoms with E-state index in [1.807, 2.05) is 13.8 Å². The van der Waals surface area contributed by atoms with E-state index in [2.05, 4.69) is 10.4 Å². The Morgan fingerprint density at radius 2 is 2.00 bits per heavy atom. The molecule has 3 heterocycles. The number of alkyl halides is 2. The van der Waals surface area contributed by atoms with E-state index in [0.717, 1.165) is 12.8 Å². The van der Waals surface area contributed by atoms with Crippen molar-refractivity contribution < 1.29 is 28.0 Å². The van der Waals surface area contributed by atoms with Crippen LogP contribution in [0.5, 0.6) is 5.88 Å². The van der Waals surface area contributed by atoms with Crippen LogP contribution >= 0.6 is 0 Å². The maximum atomic E-state index is 13.2. The number of fused-ring (bicyclic) bond motifs is 1. The van der Waals surface area contributed by atoms with Gasteiger partial charge < -0.3 is 15.3 Å². The van der Waals surface area contributed by atoms with Gasteiger partial charge in [-0.15, -0.1) is 0 Å². The van der Waals surface area contributed by atoms with E-state index in [4.69, 9.17) is 0 Å². The number of aryl methyl sites for hydroxylation is 1. The molecule has 2 aromatic rings. The van der Waals surface area contributed by atoms with E-state index in [0.29, 0.717) is 23.4 Å². The molecule has 2 aromatic heterocycles. The monoisotopic (exact) mass is 478 g/mol. The van der Waals surface area contributed by atoms with Crippen molar-refractivity contribution in [3.63, 3.8) is 0 Å². The first-order valence-corrected chi connectivity index (χ1v) is 11.5. The molecule has 1 atom stereocenters. The number of halogens is 2. The van der Waals surface area contributed by atoms with Gasteiger partial charge in [0.25, 0.3) is 5.91 Å². The third kappa shape index (κ3) is 4.55. The number of aromatic hydroxyl groups is 1. The van der Waals surface area contributed by atoms with E-state index in [-0.39, 0.29) is 37.0 Å². The summed E-state index contributed by atoms with van der Waals surface area (Å²) in [6, 6.07) is 0.00989. The number of amides is 2. The van der Waals surface area contributed by atoms with Crippen molar-refractivity contribution in [3.8, 4) is 5.88 Å². The molecule has 2 fully saturated rings. The number of likely N-dealkylation sites (tertiary alicyclic amines) is 1. The summed E-state index contributed by atoms with van der Waals surface area (Å²) >= 11 is 0. The predicted molar refractivity (Wildman–Crippen MR) is 120 cm³/mol. The Bertz CT molecular complexity index is 1210. The summed E-state index contributed by atoms with van der Waals surface area (Å²) in [4.78, 5) is 39.9. The molecule has 1 unspecified atom stereocenters. The first-order chi connectivity index (χ1) is 16.1. The van der Waals surface area contributed by atoms with Crippen LogP contribution < -0.4 is 15.4 Å². The Balaban J connectivity index is 1.75. The van der Waals surface area contributed by atoms with Crippen molar-refractivity contribution in [2.45, 2.75) is 59.0 Å². The number of hydrogen-bond donors (Lipinski definition) is 3. The van der Waals surface area contributed by atoms with Crippen LogP contribution in [-0.4, -0.2) is 57.0 Å². The second kappa shape index (κ2) is 9.19. The van der Waals surface area contributed by atoms with Gasteiger partial charge in [0, 0.05) is 31.1 Å². The highest BCUT2D eigenvalue weighted by Crippen LogP contribution is 2.24. The summed E-state index contributed by atoms with van der Waals surface area (Å²) in [5, 5.41) is 16.7. The van der Waals surface area contributed by atoms with Gasteiger partial charge in [0.1, 0.15) is 0 Å². The standard InChI is InChI=1S/C23H29F2N5O4/c1-12(2)10-29-21-16(6-7-17(31)28-9-8-14(11-28)19(24)25)13(3)27-30(21)23(34)18(22(29)33)20(32)26-15-4-5-15/h6-7,12,14-15,19H,4-5,8-11H2,1-3H3,(H2,26,32,33,34)/p+1/b7-6+. The fourth-order valence-electron chi connectivity index (χ4n) is 4.30. The van der Waals surface area contributed by atoms with E-state index < -0.39 is 35.6 Å². The van der Waals surface area contributed by atoms with Crippen LogP contribution in [0, 0.1) is 18.8 Å². The summed E-state index contributed by atoms with van der Waals surface area (Å²) in [6.45, 7) is 6.15. The van der Waals surface area contributed by atoms with Gasteiger partial charge in [-0.3, -0.25) is 9.59 Å². The lowest BCUT2D eigenvalue weighted by atomic mass is 10.1. The maximum Gasteiger partial charge on any atom is 0.378 e. The number of hydrogen-bond acceptors (Lipinski definition) is 4. The molecule has 2 aliphatic rings. The minimum Gasteiger partial charge on any atom is -0.477 e. The highest BCUT2D eigenvalue weighted by molar-refractivity contribution is 5.96. The van der Waals surface area contributed by atoms with Crippen LogP contribution in [0.15, 0.2) is 10.9 Å². The van der Waals surface area contributed by atoms with Crippen molar-refractivity contribution in [3.05, 3.63) is 33.3 Å². The number of nitrogens with zero attached hydrogens (tertiary/aromatic N) is 3. The molecule has 0 radical (unpaired) electrons. The highest BCUT2D eigenvalue weighted by atomic mass is 19.3. The number of carbonyl (C=O) groups is 2. The van der Waals surface area contributed by atoms with Gasteiger partial charge in [-0.25, -0.2) is 18.7 Å². The molecule has 2 amide bonds. The smallest absolute Gasteiger partial charge is 0.378 e. The molecule has 1 saturated heterocycles. The van der Waals surface area contributed by atoms with Gasteiger partial charge in [0.15, 0.2) is 0 Å². The van der Waals surface area contributed by atoms with Gasteiger partial charge in [-0.05, 0) is 38.2 Å². The first kappa shape index (κ1) is 23.9. The third-order valence-corrected chi connectivity index (χ3v) is 6.26. The number of carbonyl (C=O) groups excluding carboxylic acids is 2. The third-order valence-electron chi connectivity index (χ3n) is 6.26. The van der Waals surface area contributed by atoms with Crippen molar-refractivity contribution in [2.24, 2.45) is 11.8 Å². The first-order valence-electron chi connectivity index (χ1n) is 11.5. The fraction of sp³-hybridized carbons (Fsp3) is 0.565. The lowest BCUT2D eigenvalue weighted by Gasteiger charge is -2.13. The van der Waals surface area contributed by atoms with Gasteiger partial charge in [0.05, 0.1) is 17.8 Å². The van der Waals surface area contributed by atoms with Crippen LogP contribution in [-0.2, 0) is 11.3 Å². The summed E-state index contributed by atoms with van der Waals surface area (Å²) in [6.07, 6.45) is 2.27. The van der Waals surface area contributed by atoms with Gasteiger partial charge in [0.2, 0.25) is 17.9 Å². The number of H-pyrrole nitrogens is 1. The molecule has 3 N–H and O–H groups in total. The van der Waals surface area contributed by atoms with Crippen LogP contribution in [0.3, 0.4) is 0 Å². The maximum absolute atomic E-state index is 13.2. The molecule has 11 heteroatoms. The zero-order chi connectivity index (χ0) is 24.7. The molecule has 184 valence electrons. The molecule has 0 spiro atoms. The second-order valence-electron chi connectivity index (χ2n) is 9.57. The molecule has 1 aliphatic carbocycles. The molecule has 0 bridgehead atoms. The van der Waals surface area contributed by atoms with E-state index in [1.54, 1.807) is 6.92 Å². The average molecular weight is 479 g/mol. The Morgan fingerprint density at radius 3 is 2.59 bits per heavy atom. The summed E-state index contributed by atoms with van der Waals surface area (Å²) in [5.74, 6) is -2.21. The zero-order valence-electron chi connectivity index (χ0n) is 19.5. The van der Waals surface area contributed by atoms with E-state index in [1.165, 1.54) is 26.1 Å². The normalized spacial score (nSPS) is 18.7. The summed E-state index contributed by atoms with van der Waals surface area (Å²) < 4.78 is 28.6. The van der Waals surface area contributed by atoms with Crippen LogP contribution in [0.25, 0.3) is 11.7 Å². The van der Waals surface area contributed by atoms with Crippen molar-refractivity contribution in [1.29, 1.82) is 0 Å². The van der Waals surface area contributed by atoms with Crippen LogP contribution in [0.1, 0.15) is 54.7 Å². The number of nitrogens with one attached hydrogen (secondary N) is 2. The molecule has 34 heavy (non-hydrogen) atoms. The summed E-state index contributed by atoms with van der Waals surface area (Å²) in [7, 11) is 0. The van der Waals surface area contributed by atoms with Crippen LogP contribution in [0.2, 0.25) is 0 Å².